The highest BCUT2D eigenvalue weighted by Gasteiger charge is 2.17. The van der Waals surface area contributed by atoms with Gasteiger partial charge in [-0.05, 0) is 37.1 Å². The van der Waals surface area contributed by atoms with Gasteiger partial charge in [0.25, 0.3) is 0 Å². The van der Waals surface area contributed by atoms with Crippen molar-refractivity contribution in [3.05, 3.63) is 29.3 Å². The number of halogens is 1. The molecule has 6 heteroatoms. The zero-order valence-corrected chi connectivity index (χ0v) is 11.9. The molecule has 2 N–H and O–H groups in total. The second kappa shape index (κ2) is 7.14. The lowest BCUT2D eigenvalue weighted by molar-refractivity contribution is -0.131. The predicted octanol–water partition coefficient (Wildman–Crippen LogP) is 1.49. The van der Waals surface area contributed by atoms with Crippen LogP contribution in [-0.4, -0.2) is 42.9 Å². The summed E-state index contributed by atoms with van der Waals surface area (Å²) in [7, 11) is 0. The van der Waals surface area contributed by atoms with Crippen molar-refractivity contribution >= 4 is 29.1 Å². The molecule has 0 aliphatic carbocycles. The number of amides is 2. The van der Waals surface area contributed by atoms with E-state index in [-0.39, 0.29) is 24.9 Å². The highest BCUT2D eigenvalue weighted by Crippen LogP contribution is 2.12. The summed E-state index contributed by atoms with van der Waals surface area (Å²) in [6.07, 6.45) is 2.11. The molecular formula is C14H18ClN3O2. The highest BCUT2D eigenvalue weighted by molar-refractivity contribution is 6.30. The van der Waals surface area contributed by atoms with Crippen LogP contribution in [0.15, 0.2) is 24.3 Å². The average Bonchev–Trinajstić information content (AvgIpc) is 2.98. The van der Waals surface area contributed by atoms with E-state index in [1.807, 2.05) is 0 Å². The number of benzene rings is 1. The van der Waals surface area contributed by atoms with E-state index in [0.29, 0.717) is 5.02 Å². The molecule has 1 aliphatic heterocycles. The van der Waals surface area contributed by atoms with Gasteiger partial charge < -0.3 is 15.5 Å². The molecule has 2 rings (SSSR count). The van der Waals surface area contributed by atoms with Crippen molar-refractivity contribution in [2.75, 3.05) is 31.5 Å². The third-order valence-electron chi connectivity index (χ3n) is 3.19. The van der Waals surface area contributed by atoms with E-state index in [4.69, 9.17) is 11.6 Å². The Morgan fingerprint density at radius 1 is 1.10 bits per heavy atom. The topological polar surface area (TPSA) is 61.4 Å². The molecule has 0 radical (unpaired) electrons. The Labute approximate surface area is 123 Å². The van der Waals surface area contributed by atoms with Crippen molar-refractivity contribution in [2.24, 2.45) is 0 Å². The number of anilines is 1. The van der Waals surface area contributed by atoms with Gasteiger partial charge in [-0.25, -0.2) is 0 Å². The fraction of sp³-hybridized carbons (Fsp3) is 0.429. The Morgan fingerprint density at radius 2 is 1.75 bits per heavy atom. The Bertz CT molecular complexity index is 470. The van der Waals surface area contributed by atoms with E-state index in [2.05, 4.69) is 10.6 Å². The summed E-state index contributed by atoms with van der Waals surface area (Å²) < 4.78 is 0. The number of nitrogens with one attached hydrogen (secondary N) is 2. The molecule has 1 aromatic carbocycles. The van der Waals surface area contributed by atoms with E-state index in [0.717, 1.165) is 31.6 Å². The molecular weight excluding hydrogens is 278 g/mol. The first-order chi connectivity index (χ1) is 9.65. The van der Waals surface area contributed by atoms with Crippen LogP contribution in [0.4, 0.5) is 5.69 Å². The fourth-order valence-corrected chi connectivity index (χ4v) is 2.19. The largest absolute Gasteiger partial charge is 0.376 e. The lowest BCUT2D eigenvalue weighted by atomic mass is 10.3. The number of nitrogens with zero attached hydrogens (tertiary/aromatic N) is 1. The minimum absolute atomic E-state index is 0.0117. The van der Waals surface area contributed by atoms with Crippen LogP contribution >= 0.6 is 11.6 Å². The Morgan fingerprint density at radius 3 is 2.40 bits per heavy atom. The molecule has 1 aliphatic rings. The minimum Gasteiger partial charge on any atom is -0.376 e. The van der Waals surface area contributed by atoms with Crippen molar-refractivity contribution in [3.8, 4) is 0 Å². The van der Waals surface area contributed by atoms with E-state index >= 15 is 0 Å². The molecule has 0 atom stereocenters. The summed E-state index contributed by atoms with van der Waals surface area (Å²) in [5.41, 5.74) is 0.815. The summed E-state index contributed by atoms with van der Waals surface area (Å²) in [6, 6.07) is 7.09. The molecule has 0 spiro atoms. The molecule has 0 aromatic heterocycles. The second-order valence-corrected chi connectivity index (χ2v) is 5.16. The van der Waals surface area contributed by atoms with Crippen molar-refractivity contribution in [1.29, 1.82) is 0 Å². The van der Waals surface area contributed by atoms with Crippen LogP contribution in [0.25, 0.3) is 0 Å². The van der Waals surface area contributed by atoms with Gasteiger partial charge in [-0.15, -0.1) is 0 Å². The van der Waals surface area contributed by atoms with Crippen molar-refractivity contribution in [3.63, 3.8) is 0 Å². The maximum atomic E-state index is 11.7. The molecule has 1 saturated heterocycles. The van der Waals surface area contributed by atoms with Gasteiger partial charge in [0, 0.05) is 23.8 Å². The average molecular weight is 296 g/mol. The van der Waals surface area contributed by atoms with E-state index in [1.54, 1.807) is 29.2 Å². The van der Waals surface area contributed by atoms with Gasteiger partial charge in [-0.1, -0.05) is 11.6 Å². The zero-order chi connectivity index (χ0) is 14.4. The van der Waals surface area contributed by atoms with E-state index < -0.39 is 0 Å². The van der Waals surface area contributed by atoms with E-state index in [1.165, 1.54) is 0 Å². The molecule has 108 valence electrons. The molecule has 1 fully saturated rings. The minimum atomic E-state index is -0.201. The molecule has 0 saturated carbocycles. The van der Waals surface area contributed by atoms with Gasteiger partial charge in [-0.3, -0.25) is 9.59 Å². The number of carbonyl (C=O) groups excluding carboxylic acids is 2. The molecule has 0 bridgehead atoms. The number of likely N-dealkylation sites (tertiary alicyclic amines) is 1. The summed E-state index contributed by atoms with van der Waals surface area (Å²) >= 11 is 5.77. The van der Waals surface area contributed by atoms with Crippen LogP contribution in [0.2, 0.25) is 5.02 Å². The van der Waals surface area contributed by atoms with Crippen molar-refractivity contribution in [2.45, 2.75) is 12.8 Å². The smallest absolute Gasteiger partial charge is 0.241 e. The second-order valence-electron chi connectivity index (χ2n) is 4.73. The molecule has 1 heterocycles. The summed E-state index contributed by atoms with van der Waals surface area (Å²) in [5, 5.41) is 6.24. The number of rotatable bonds is 5. The van der Waals surface area contributed by atoms with Crippen LogP contribution in [0.5, 0.6) is 0 Å². The maximum Gasteiger partial charge on any atom is 0.241 e. The standard InChI is InChI=1S/C14H18ClN3O2/c15-11-3-5-12(6-4-11)16-9-13(19)17-10-14(20)18-7-1-2-8-18/h3-6,16H,1-2,7-10H2,(H,17,19). The van der Waals surface area contributed by atoms with Crippen molar-refractivity contribution < 1.29 is 9.59 Å². The molecule has 0 unspecified atom stereocenters. The van der Waals surface area contributed by atoms with Crippen LogP contribution in [0.3, 0.4) is 0 Å². The van der Waals surface area contributed by atoms with Gasteiger partial charge in [0.05, 0.1) is 13.1 Å². The van der Waals surface area contributed by atoms with Gasteiger partial charge >= 0.3 is 0 Å². The molecule has 1 aromatic rings. The van der Waals surface area contributed by atoms with Gasteiger partial charge in [0.2, 0.25) is 11.8 Å². The third-order valence-corrected chi connectivity index (χ3v) is 3.44. The Balaban J connectivity index is 1.67. The lowest BCUT2D eigenvalue weighted by Crippen LogP contribution is -2.40. The van der Waals surface area contributed by atoms with Crippen LogP contribution in [-0.2, 0) is 9.59 Å². The third kappa shape index (κ3) is 4.42. The normalized spacial score (nSPS) is 14.2. The lowest BCUT2D eigenvalue weighted by Gasteiger charge is -2.15. The first-order valence-electron chi connectivity index (χ1n) is 6.69. The van der Waals surface area contributed by atoms with E-state index in [9.17, 15) is 9.59 Å². The van der Waals surface area contributed by atoms with Crippen molar-refractivity contribution in [1.82, 2.24) is 10.2 Å². The Kier molecular flexibility index (Phi) is 5.24. The summed E-state index contributed by atoms with van der Waals surface area (Å²) in [4.78, 5) is 25.2. The van der Waals surface area contributed by atoms with Crippen LogP contribution in [0, 0.1) is 0 Å². The number of hydrogen-bond donors (Lipinski definition) is 2. The highest BCUT2D eigenvalue weighted by atomic mass is 35.5. The number of carbonyl (C=O) groups is 2. The SMILES string of the molecule is O=C(CNc1ccc(Cl)cc1)NCC(=O)N1CCCC1. The Hall–Kier alpha value is -1.75. The number of hydrogen-bond acceptors (Lipinski definition) is 3. The molecule has 20 heavy (non-hydrogen) atoms. The maximum absolute atomic E-state index is 11.7. The monoisotopic (exact) mass is 295 g/mol. The molecule has 2 amide bonds. The van der Waals surface area contributed by atoms with Gasteiger partial charge in [-0.2, -0.15) is 0 Å². The quantitative estimate of drug-likeness (QED) is 0.865. The zero-order valence-electron chi connectivity index (χ0n) is 11.2. The van der Waals surface area contributed by atoms with Gasteiger partial charge in [0.15, 0.2) is 0 Å². The summed E-state index contributed by atoms with van der Waals surface area (Å²) in [5.74, 6) is -0.213. The van der Waals surface area contributed by atoms with Crippen LogP contribution < -0.4 is 10.6 Å². The molecule has 5 nitrogen and oxygen atoms in total. The first kappa shape index (κ1) is 14.7. The first-order valence-corrected chi connectivity index (χ1v) is 7.07. The fourth-order valence-electron chi connectivity index (χ4n) is 2.07. The van der Waals surface area contributed by atoms with Crippen LogP contribution in [0.1, 0.15) is 12.8 Å². The summed E-state index contributed by atoms with van der Waals surface area (Å²) in [6.45, 7) is 1.81. The van der Waals surface area contributed by atoms with Gasteiger partial charge in [0.1, 0.15) is 0 Å². The predicted molar refractivity (Wildman–Crippen MR) is 78.8 cm³/mol.